The van der Waals surface area contributed by atoms with Crippen molar-refractivity contribution in [3.8, 4) is 0 Å². The third-order valence-electron chi connectivity index (χ3n) is 3.89. The zero-order valence-electron chi connectivity index (χ0n) is 12.5. The third-order valence-corrected chi connectivity index (χ3v) is 3.89. The predicted octanol–water partition coefficient (Wildman–Crippen LogP) is 1.51. The molecule has 0 saturated carbocycles. The Balaban J connectivity index is 1.87. The minimum atomic E-state index is -0.275. The van der Waals surface area contributed by atoms with Crippen molar-refractivity contribution in [2.24, 2.45) is 0 Å². The van der Waals surface area contributed by atoms with Gasteiger partial charge in [0, 0.05) is 32.7 Å². The smallest absolute Gasteiger partial charge is 0.141 e. The lowest BCUT2D eigenvalue weighted by atomic mass is 10.1. The van der Waals surface area contributed by atoms with Crippen molar-refractivity contribution in [2.75, 3.05) is 46.3 Å². The summed E-state index contributed by atoms with van der Waals surface area (Å²) in [6.07, 6.45) is 2.31. The minimum absolute atomic E-state index is 0.209. The van der Waals surface area contributed by atoms with Crippen molar-refractivity contribution in [3.05, 3.63) is 29.8 Å². The maximum atomic E-state index is 13.0. The molecular weight excluding hydrogens is 255 g/mol. The molecule has 0 aromatic carbocycles. The van der Waals surface area contributed by atoms with Crippen LogP contribution in [0.25, 0.3) is 0 Å². The second kappa shape index (κ2) is 7.67. The molecule has 0 spiro atoms. The second-order valence-electron chi connectivity index (χ2n) is 5.45. The van der Waals surface area contributed by atoms with Crippen LogP contribution in [-0.2, 0) is 0 Å². The Hall–Kier alpha value is -1.04. The number of hydrogen-bond acceptors (Lipinski definition) is 4. The first kappa shape index (κ1) is 15.4. The number of halogens is 1. The van der Waals surface area contributed by atoms with Crippen LogP contribution in [-0.4, -0.2) is 61.1 Å². The number of pyridine rings is 1. The summed E-state index contributed by atoms with van der Waals surface area (Å²) in [6, 6.07) is 3.48. The van der Waals surface area contributed by atoms with Crippen molar-refractivity contribution < 1.29 is 4.39 Å². The molecule has 1 aliphatic heterocycles. The van der Waals surface area contributed by atoms with Crippen LogP contribution in [0.2, 0.25) is 0 Å². The maximum Gasteiger partial charge on any atom is 0.141 e. The van der Waals surface area contributed by atoms with Crippen LogP contribution in [0.4, 0.5) is 4.39 Å². The lowest BCUT2D eigenvalue weighted by molar-refractivity contribution is 0.148. The van der Waals surface area contributed by atoms with Gasteiger partial charge in [-0.2, -0.15) is 0 Å². The molecule has 20 heavy (non-hydrogen) atoms. The molecule has 1 saturated heterocycles. The summed E-state index contributed by atoms with van der Waals surface area (Å²) in [5.41, 5.74) is 0.933. The first-order valence-electron chi connectivity index (χ1n) is 7.44. The average molecular weight is 280 g/mol. The van der Waals surface area contributed by atoms with Gasteiger partial charge in [0.25, 0.3) is 0 Å². The van der Waals surface area contributed by atoms with Crippen molar-refractivity contribution in [1.29, 1.82) is 0 Å². The molecule has 4 nitrogen and oxygen atoms in total. The molecule has 5 heteroatoms. The summed E-state index contributed by atoms with van der Waals surface area (Å²) in [5, 5.41) is 3.44. The summed E-state index contributed by atoms with van der Waals surface area (Å²) in [6.45, 7) is 8.59. The zero-order chi connectivity index (χ0) is 14.4. The Kier molecular flexibility index (Phi) is 5.88. The maximum absolute atomic E-state index is 13.0. The lowest BCUT2D eigenvalue weighted by Gasteiger charge is -2.33. The third kappa shape index (κ3) is 4.51. The van der Waals surface area contributed by atoms with E-state index in [-0.39, 0.29) is 11.9 Å². The van der Waals surface area contributed by atoms with Crippen LogP contribution in [0.1, 0.15) is 25.1 Å². The number of likely N-dealkylation sites (N-methyl/N-ethyl adjacent to an activating group) is 1. The van der Waals surface area contributed by atoms with E-state index >= 15 is 0 Å². The Morgan fingerprint density at radius 3 is 2.65 bits per heavy atom. The monoisotopic (exact) mass is 280 g/mol. The Morgan fingerprint density at radius 2 is 2.05 bits per heavy atom. The van der Waals surface area contributed by atoms with Crippen molar-refractivity contribution >= 4 is 0 Å². The number of nitrogens with zero attached hydrogens (tertiary/aromatic N) is 3. The summed E-state index contributed by atoms with van der Waals surface area (Å²) in [5.74, 6) is -0.275. The molecule has 2 heterocycles. The van der Waals surface area contributed by atoms with Gasteiger partial charge in [-0.25, -0.2) is 4.39 Å². The minimum Gasteiger partial charge on any atom is -0.309 e. The molecule has 1 fully saturated rings. The van der Waals surface area contributed by atoms with Crippen molar-refractivity contribution in [2.45, 2.75) is 19.4 Å². The summed E-state index contributed by atoms with van der Waals surface area (Å²) in [4.78, 5) is 9.06. The number of aromatic nitrogens is 1. The Labute approximate surface area is 121 Å². The molecule has 1 atom stereocenters. The van der Waals surface area contributed by atoms with Gasteiger partial charge in [0.2, 0.25) is 0 Å². The number of nitrogens with one attached hydrogen (secondary N) is 1. The van der Waals surface area contributed by atoms with E-state index < -0.39 is 0 Å². The normalized spacial score (nSPS) is 19.1. The number of hydrogen-bond donors (Lipinski definition) is 1. The van der Waals surface area contributed by atoms with E-state index in [0.29, 0.717) is 0 Å². The lowest BCUT2D eigenvalue weighted by Crippen LogP contribution is -2.45. The van der Waals surface area contributed by atoms with E-state index in [4.69, 9.17) is 0 Å². The van der Waals surface area contributed by atoms with Crippen molar-refractivity contribution in [1.82, 2.24) is 20.1 Å². The first-order chi connectivity index (χ1) is 9.69. The van der Waals surface area contributed by atoms with Crippen LogP contribution >= 0.6 is 0 Å². The van der Waals surface area contributed by atoms with E-state index in [1.807, 2.05) is 0 Å². The molecule has 0 radical (unpaired) electrons. The molecule has 1 aromatic rings. The average Bonchev–Trinajstić information content (AvgIpc) is 2.46. The van der Waals surface area contributed by atoms with E-state index in [9.17, 15) is 4.39 Å². The van der Waals surface area contributed by atoms with Crippen LogP contribution in [0.3, 0.4) is 0 Å². The van der Waals surface area contributed by atoms with Crippen LogP contribution in [0.5, 0.6) is 0 Å². The molecule has 1 N–H and O–H groups in total. The number of piperazine rings is 1. The molecule has 1 unspecified atom stereocenters. The fraction of sp³-hybridized carbons (Fsp3) is 0.667. The van der Waals surface area contributed by atoms with Gasteiger partial charge >= 0.3 is 0 Å². The second-order valence-corrected chi connectivity index (χ2v) is 5.45. The summed E-state index contributed by atoms with van der Waals surface area (Å²) in [7, 11) is 2.17. The van der Waals surface area contributed by atoms with Gasteiger partial charge in [0.05, 0.1) is 17.9 Å². The van der Waals surface area contributed by atoms with E-state index in [1.165, 1.54) is 12.3 Å². The van der Waals surface area contributed by atoms with Gasteiger partial charge in [-0.1, -0.05) is 6.92 Å². The molecule has 0 amide bonds. The highest BCUT2D eigenvalue weighted by atomic mass is 19.1. The fourth-order valence-electron chi connectivity index (χ4n) is 2.58. The van der Waals surface area contributed by atoms with Gasteiger partial charge in [-0.05, 0) is 32.1 Å². The van der Waals surface area contributed by atoms with E-state index in [2.05, 4.69) is 34.1 Å². The highest BCUT2D eigenvalue weighted by Gasteiger charge is 2.17. The first-order valence-corrected chi connectivity index (χ1v) is 7.44. The van der Waals surface area contributed by atoms with Gasteiger partial charge < -0.3 is 15.1 Å². The van der Waals surface area contributed by atoms with Gasteiger partial charge in [-0.3, -0.25) is 4.98 Å². The standard InChI is InChI=1S/C15H25FN4/c1-3-17-15(14-5-4-13(16)12-18-14)6-7-20-10-8-19(2)9-11-20/h4-5,12,15,17H,3,6-11H2,1-2H3. The van der Waals surface area contributed by atoms with E-state index in [1.54, 1.807) is 6.07 Å². The largest absolute Gasteiger partial charge is 0.309 e. The molecule has 0 bridgehead atoms. The topological polar surface area (TPSA) is 31.4 Å². The van der Waals surface area contributed by atoms with Gasteiger partial charge in [-0.15, -0.1) is 0 Å². The SMILES string of the molecule is CCNC(CCN1CCN(C)CC1)c1ccc(F)cn1. The molecule has 1 aliphatic rings. The van der Waals surface area contributed by atoms with Gasteiger partial charge in [0.1, 0.15) is 5.82 Å². The molecule has 2 rings (SSSR count). The van der Waals surface area contributed by atoms with Crippen LogP contribution < -0.4 is 5.32 Å². The van der Waals surface area contributed by atoms with E-state index in [0.717, 1.165) is 51.4 Å². The van der Waals surface area contributed by atoms with Gasteiger partial charge in [0.15, 0.2) is 0 Å². The van der Waals surface area contributed by atoms with Crippen LogP contribution in [0, 0.1) is 5.82 Å². The zero-order valence-corrected chi connectivity index (χ0v) is 12.5. The Bertz CT molecular complexity index is 387. The highest BCUT2D eigenvalue weighted by Crippen LogP contribution is 2.15. The van der Waals surface area contributed by atoms with Crippen molar-refractivity contribution in [3.63, 3.8) is 0 Å². The van der Waals surface area contributed by atoms with Crippen LogP contribution in [0.15, 0.2) is 18.3 Å². The quantitative estimate of drug-likeness (QED) is 0.856. The fourth-order valence-corrected chi connectivity index (χ4v) is 2.58. The predicted molar refractivity (Wildman–Crippen MR) is 79.2 cm³/mol. The molecule has 1 aromatic heterocycles. The molecule has 112 valence electrons. The highest BCUT2D eigenvalue weighted by molar-refractivity contribution is 5.10. The number of rotatable bonds is 6. The Morgan fingerprint density at radius 1 is 1.30 bits per heavy atom. The summed E-state index contributed by atoms with van der Waals surface area (Å²) >= 11 is 0. The molecular formula is C15H25FN4. The molecule has 0 aliphatic carbocycles. The summed E-state index contributed by atoms with van der Waals surface area (Å²) < 4.78 is 13.0.